The number of allylic oxidation sites excluding steroid dienone is 1. The molecule has 1 atom stereocenters. The third-order valence-electron chi connectivity index (χ3n) is 6.86. The third kappa shape index (κ3) is 7.37. The molecule has 1 aliphatic rings. The largest absolute Gasteiger partial charge is 0.507 e. The fourth-order valence-corrected chi connectivity index (χ4v) is 4.97. The number of esters is 1. The molecule has 0 fully saturated rings. The number of aryl methyl sites for hydroxylation is 1. The van der Waals surface area contributed by atoms with Gasteiger partial charge in [-0.15, -0.1) is 0 Å². The van der Waals surface area contributed by atoms with Crippen LogP contribution in [0.25, 0.3) is 0 Å². The first-order chi connectivity index (χ1) is 17.9. The van der Waals surface area contributed by atoms with Crippen LogP contribution < -0.4 is 9.47 Å². The first kappa shape index (κ1) is 28.3. The Labute approximate surface area is 220 Å². The molecule has 1 aliphatic carbocycles. The van der Waals surface area contributed by atoms with Gasteiger partial charge in [0.2, 0.25) is 0 Å². The third-order valence-corrected chi connectivity index (χ3v) is 6.86. The Kier molecular flexibility index (Phi) is 10.6. The molecule has 0 bridgehead atoms. The summed E-state index contributed by atoms with van der Waals surface area (Å²) in [6.45, 7) is 6.62. The van der Waals surface area contributed by atoms with Crippen molar-refractivity contribution in [1.29, 1.82) is 0 Å². The monoisotopic (exact) mass is 508 g/mol. The zero-order valence-corrected chi connectivity index (χ0v) is 22.6. The van der Waals surface area contributed by atoms with Crippen LogP contribution in [0.1, 0.15) is 79.1 Å². The van der Waals surface area contributed by atoms with Crippen LogP contribution in [-0.2, 0) is 35.2 Å². The van der Waals surface area contributed by atoms with Crippen molar-refractivity contribution < 1.29 is 28.9 Å². The van der Waals surface area contributed by atoms with Gasteiger partial charge in [0, 0.05) is 18.1 Å². The Morgan fingerprint density at radius 2 is 1.65 bits per heavy atom. The van der Waals surface area contributed by atoms with Crippen LogP contribution in [0, 0.1) is 5.92 Å². The van der Waals surface area contributed by atoms with E-state index in [0.29, 0.717) is 48.8 Å². The summed E-state index contributed by atoms with van der Waals surface area (Å²) < 4.78 is 17.0. The minimum absolute atomic E-state index is 0.0288. The molecular formula is C31H40O6. The van der Waals surface area contributed by atoms with Gasteiger partial charge in [-0.1, -0.05) is 38.8 Å². The average Bonchev–Trinajstić information content (AvgIpc) is 2.89. The van der Waals surface area contributed by atoms with Gasteiger partial charge in [0.15, 0.2) is 5.78 Å². The standard InChI is InChI=1S/C31H40O6/c1-5-8-25-27-20-22(11-17-30(33)35-4)10-12-23(27)13-15-28(25)36-18-7-19-37-29-16-14-24(21(3)32)31(34)26(29)9-6-2/h11,13-17,22,34H,5-10,12,18-20H2,1-4H3/b17-11+. The van der Waals surface area contributed by atoms with E-state index >= 15 is 0 Å². The van der Waals surface area contributed by atoms with E-state index in [1.165, 1.54) is 36.8 Å². The number of fused-ring (bicyclic) bond motifs is 1. The van der Waals surface area contributed by atoms with Gasteiger partial charge in [-0.3, -0.25) is 4.79 Å². The number of rotatable bonds is 13. The molecule has 2 aromatic carbocycles. The van der Waals surface area contributed by atoms with Crippen molar-refractivity contribution in [3.63, 3.8) is 0 Å². The summed E-state index contributed by atoms with van der Waals surface area (Å²) >= 11 is 0. The summed E-state index contributed by atoms with van der Waals surface area (Å²) in [6, 6.07) is 7.67. The minimum atomic E-state index is -0.314. The van der Waals surface area contributed by atoms with Gasteiger partial charge in [-0.05, 0) is 79.8 Å². The molecule has 200 valence electrons. The van der Waals surface area contributed by atoms with Crippen molar-refractivity contribution >= 4 is 11.8 Å². The van der Waals surface area contributed by atoms with Gasteiger partial charge in [-0.2, -0.15) is 0 Å². The Balaban J connectivity index is 1.63. The second-order valence-electron chi connectivity index (χ2n) is 9.61. The van der Waals surface area contributed by atoms with E-state index in [0.717, 1.165) is 44.3 Å². The smallest absolute Gasteiger partial charge is 0.330 e. The fourth-order valence-electron chi connectivity index (χ4n) is 4.97. The van der Waals surface area contributed by atoms with Crippen LogP contribution in [0.3, 0.4) is 0 Å². The lowest BCUT2D eigenvalue weighted by Gasteiger charge is -2.26. The highest BCUT2D eigenvalue weighted by atomic mass is 16.5. The molecule has 0 spiro atoms. The number of Topliss-reactive ketones (excluding diaryl/α,β-unsaturated/α-hetero) is 1. The molecule has 2 aromatic rings. The van der Waals surface area contributed by atoms with Crippen molar-refractivity contribution in [3.8, 4) is 17.2 Å². The zero-order chi connectivity index (χ0) is 26.8. The molecule has 37 heavy (non-hydrogen) atoms. The molecule has 0 aromatic heterocycles. The molecule has 0 saturated heterocycles. The second kappa shape index (κ2) is 13.9. The SMILES string of the molecule is CCCc1c(OCCCOc2ccc3c(c2CCC)CC(/C=C/C(=O)OC)CC3)ccc(C(C)=O)c1O. The number of aromatic hydroxyl groups is 1. The van der Waals surface area contributed by atoms with Crippen molar-refractivity contribution in [2.24, 2.45) is 5.92 Å². The van der Waals surface area contributed by atoms with Gasteiger partial charge in [-0.25, -0.2) is 4.79 Å². The number of carbonyl (C=O) groups excluding carboxylic acids is 2. The van der Waals surface area contributed by atoms with E-state index in [2.05, 4.69) is 19.1 Å². The summed E-state index contributed by atoms with van der Waals surface area (Å²) in [5, 5.41) is 10.5. The Morgan fingerprint density at radius 3 is 2.30 bits per heavy atom. The van der Waals surface area contributed by atoms with Crippen molar-refractivity contribution in [2.75, 3.05) is 20.3 Å². The van der Waals surface area contributed by atoms with E-state index in [9.17, 15) is 14.7 Å². The van der Waals surface area contributed by atoms with Gasteiger partial charge < -0.3 is 19.3 Å². The number of carbonyl (C=O) groups is 2. The van der Waals surface area contributed by atoms with E-state index in [1.807, 2.05) is 13.0 Å². The molecule has 3 rings (SSSR count). The van der Waals surface area contributed by atoms with E-state index in [1.54, 1.807) is 12.1 Å². The van der Waals surface area contributed by atoms with Crippen LogP contribution in [0.15, 0.2) is 36.4 Å². The van der Waals surface area contributed by atoms with Crippen molar-refractivity contribution in [1.82, 2.24) is 0 Å². The minimum Gasteiger partial charge on any atom is -0.507 e. The summed E-state index contributed by atoms with van der Waals surface area (Å²) in [5.74, 6) is 1.42. The number of ketones is 1. The molecule has 0 heterocycles. The second-order valence-corrected chi connectivity index (χ2v) is 9.61. The molecule has 0 amide bonds. The number of phenolic OH excluding ortho intramolecular Hbond substituents is 1. The Bertz CT molecular complexity index is 1120. The topological polar surface area (TPSA) is 82.1 Å². The summed E-state index contributed by atoms with van der Waals surface area (Å²) in [7, 11) is 1.40. The summed E-state index contributed by atoms with van der Waals surface area (Å²) in [5.41, 5.74) is 5.02. The number of phenols is 1. The Morgan fingerprint density at radius 1 is 1.00 bits per heavy atom. The number of benzene rings is 2. The van der Waals surface area contributed by atoms with E-state index in [-0.39, 0.29) is 17.5 Å². The molecule has 0 aliphatic heterocycles. The van der Waals surface area contributed by atoms with Gasteiger partial charge in [0.05, 0.1) is 25.9 Å². The number of hydrogen-bond donors (Lipinski definition) is 1. The maximum absolute atomic E-state index is 11.8. The highest BCUT2D eigenvalue weighted by Crippen LogP contribution is 2.35. The first-order valence-electron chi connectivity index (χ1n) is 13.4. The molecule has 1 N–H and O–H groups in total. The zero-order valence-electron chi connectivity index (χ0n) is 22.6. The lowest BCUT2D eigenvalue weighted by atomic mass is 9.80. The lowest BCUT2D eigenvalue weighted by molar-refractivity contribution is -0.134. The number of hydrogen-bond acceptors (Lipinski definition) is 6. The van der Waals surface area contributed by atoms with Crippen LogP contribution >= 0.6 is 0 Å². The molecule has 0 saturated carbocycles. The Hall–Kier alpha value is -3.28. The predicted molar refractivity (Wildman–Crippen MR) is 145 cm³/mol. The molecule has 6 heteroatoms. The maximum atomic E-state index is 11.8. The van der Waals surface area contributed by atoms with Crippen molar-refractivity contribution in [3.05, 3.63) is 64.2 Å². The van der Waals surface area contributed by atoms with Crippen molar-refractivity contribution in [2.45, 2.75) is 72.1 Å². The average molecular weight is 509 g/mol. The normalized spacial score (nSPS) is 14.9. The molecule has 6 nitrogen and oxygen atoms in total. The van der Waals surface area contributed by atoms with Crippen LogP contribution in [-0.4, -0.2) is 37.2 Å². The molecule has 0 radical (unpaired) electrons. The first-order valence-corrected chi connectivity index (χ1v) is 13.4. The predicted octanol–water partition coefficient (Wildman–Crippen LogP) is 6.18. The van der Waals surface area contributed by atoms with E-state index in [4.69, 9.17) is 14.2 Å². The van der Waals surface area contributed by atoms with E-state index < -0.39 is 0 Å². The fraction of sp³-hybridized carbons (Fsp3) is 0.484. The summed E-state index contributed by atoms with van der Waals surface area (Å²) in [6.07, 6.45) is 10.6. The number of ether oxygens (including phenoxy) is 3. The van der Waals surface area contributed by atoms with Gasteiger partial charge >= 0.3 is 5.97 Å². The van der Waals surface area contributed by atoms with Gasteiger partial charge in [0.25, 0.3) is 0 Å². The molecule has 1 unspecified atom stereocenters. The van der Waals surface area contributed by atoms with Crippen LogP contribution in [0.2, 0.25) is 0 Å². The summed E-state index contributed by atoms with van der Waals surface area (Å²) in [4.78, 5) is 23.3. The lowest BCUT2D eigenvalue weighted by Crippen LogP contribution is -2.16. The number of methoxy groups -OCH3 is 1. The highest BCUT2D eigenvalue weighted by molar-refractivity contribution is 5.97. The quantitative estimate of drug-likeness (QED) is 0.151. The molecular weight excluding hydrogens is 468 g/mol. The highest BCUT2D eigenvalue weighted by Gasteiger charge is 2.22. The maximum Gasteiger partial charge on any atom is 0.330 e. The van der Waals surface area contributed by atoms with Gasteiger partial charge in [0.1, 0.15) is 17.2 Å². The van der Waals surface area contributed by atoms with Crippen LogP contribution in [0.4, 0.5) is 0 Å². The van der Waals surface area contributed by atoms with Crippen LogP contribution in [0.5, 0.6) is 17.2 Å².